The van der Waals surface area contributed by atoms with Crippen LogP contribution < -0.4 is 10.1 Å². The maximum Gasteiger partial charge on any atom is 0.255 e. The number of hydrogen-bond donors (Lipinski definition) is 1. The van der Waals surface area contributed by atoms with Gasteiger partial charge in [0.2, 0.25) is 5.91 Å². The predicted octanol–water partition coefficient (Wildman–Crippen LogP) is 3.06. The number of likely N-dealkylation sites (N-methyl/N-ethyl adjacent to an activating group) is 1. The number of morpholine rings is 1. The molecule has 37 heavy (non-hydrogen) atoms. The fourth-order valence-corrected chi connectivity index (χ4v) is 5.17. The second-order valence-electron chi connectivity index (χ2n) is 9.76. The van der Waals surface area contributed by atoms with Gasteiger partial charge in [0.05, 0.1) is 18.8 Å². The van der Waals surface area contributed by atoms with Gasteiger partial charge in [-0.05, 0) is 44.0 Å². The largest absolute Gasteiger partial charge is 0.488 e. The van der Waals surface area contributed by atoms with E-state index in [4.69, 9.17) is 9.47 Å². The minimum Gasteiger partial charge on any atom is -0.488 e. The Bertz CT molecular complexity index is 1150. The molecule has 0 bridgehead atoms. The average molecular weight is 512 g/mol. The molecule has 4 rings (SSSR count). The van der Waals surface area contributed by atoms with Gasteiger partial charge in [0.1, 0.15) is 30.5 Å². The molecule has 2 aliphatic heterocycles. The summed E-state index contributed by atoms with van der Waals surface area (Å²) in [5, 5.41) is 2.57. The zero-order valence-corrected chi connectivity index (χ0v) is 21.5. The van der Waals surface area contributed by atoms with Crippen LogP contribution in [0.1, 0.15) is 53.7 Å². The van der Waals surface area contributed by atoms with Gasteiger partial charge in [-0.25, -0.2) is 4.39 Å². The molecule has 2 aromatic carbocycles. The summed E-state index contributed by atoms with van der Waals surface area (Å²) in [4.78, 5) is 40.1. The lowest BCUT2D eigenvalue weighted by Crippen LogP contribution is -2.46. The minimum absolute atomic E-state index is 0.00635. The number of halogens is 1. The molecular weight excluding hydrogens is 477 g/mol. The second-order valence-corrected chi connectivity index (χ2v) is 9.76. The third kappa shape index (κ3) is 6.17. The van der Waals surface area contributed by atoms with Gasteiger partial charge in [-0.3, -0.25) is 14.5 Å². The van der Waals surface area contributed by atoms with Crippen LogP contribution in [0.4, 0.5) is 4.39 Å². The van der Waals surface area contributed by atoms with E-state index < -0.39 is 6.04 Å². The quantitative estimate of drug-likeness (QED) is 0.494. The Balaban J connectivity index is 1.44. The number of ether oxygens (including phenoxy) is 2. The highest BCUT2D eigenvalue weighted by atomic mass is 19.1. The molecule has 2 aromatic rings. The fraction of sp³-hybridized carbons (Fsp3) is 0.464. The molecule has 0 aliphatic carbocycles. The van der Waals surface area contributed by atoms with E-state index in [0.29, 0.717) is 29.0 Å². The molecule has 8 nitrogen and oxygen atoms in total. The third-order valence-corrected chi connectivity index (χ3v) is 6.84. The van der Waals surface area contributed by atoms with E-state index in [1.807, 2.05) is 19.9 Å². The second kappa shape index (κ2) is 11.8. The van der Waals surface area contributed by atoms with Crippen LogP contribution in [0, 0.1) is 5.82 Å². The van der Waals surface area contributed by atoms with Crippen molar-refractivity contribution in [2.24, 2.45) is 0 Å². The van der Waals surface area contributed by atoms with Crippen LogP contribution in [-0.2, 0) is 34.0 Å². The zero-order chi connectivity index (χ0) is 26.5. The molecule has 0 saturated carbocycles. The number of rotatable bonds is 10. The maximum absolute atomic E-state index is 15.0. The number of nitrogens with one attached hydrogen (secondary N) is 1. The van der Waals surface area contributed by atoms with Crippen LogP contribution in [0.3, 0.4) is 0 Å². The van der Waals surface area contributed by atoms with Crippen molar-refractivity contribution in [2.45, 2.75) is 64.6 Å². The summed E-state index contributed by atoms with van der Waals surface area (Å²) >= 11 is 0. The molecule has 198 valence electrons. The molecule has 9 heteroatoms. The molecule has 1 saturated heterocycles. The summed E-state index contributed by atoms with van der Waals surface area (Å²) in [6.45, 7) is 6.53. The van der Waals surface area contributed by atoms with Gasteiger partial charge in [0.25, 0.3) is 5.91 Å². The van der Waals surface area contributed by atoms with E-state index in [2.05, 4.69) is 10.2 Å². The molecule has 0 radical (unpaired) electrons. The number of benzene rings is 2. The molecule has 0 spiro atoms. The van der Waals surface area contributed by atoms with Crippen molar-refractivity contribution in [1.29, 1.82) is 0 Å². The highest BCUT2D eigenvalue weighted by Crippen LogP contribution is 2.33. The van der Waals surface area contributed by atoms with Gasteiger partial charge in [-0.1, -0.05) is 18.2 Å². The Hall–Kier alpha value is -3.30. The molecule has 2 amide bonds. The molecule has 1 N–H and O–H groups in total. The molecule has 3 atom stereocenters. The van der Waals surface area contributed by atoms with E-state index >= 15 is 0 Å². The van der Waals surface area contributed by atoms with Crippen LogP contribution in [0.25, 0.3) is 0 Å². The third-order valence-electron chi connectivity index (χ3n) is 6.84. The van der Waals surface area contributed by atoms with E-state index in [9.17, 15) is 18.8 Å². The fourth-order valence-electron chi connectivity index (χ4n) is 5.17. The standard InChI is InChI=1S/C28H34FN3O5/c1-18-13-31(14-19(2)37-18)15-20-9-10-21(24(29)12-20)17-36-26-8-4-6-22-23(26)16-32(28(22)35)25(7-5-11-33)27(34)30-3/h4,6,8-12,18-19,25H,5,7,13-17H2,1-3H3,(H,30,34). The smallest absolute Gasteiger partial charge is 0.255 e. The van der Waals surface area contributed by atoms with Crippen molar-refractivity contribution in [3.05, 3.63) is 64.5 Å². The number of amides is 2. The summed E-state index contributed by atoms with van der Waals surface area (Å²) < 4.78 is 26.7. The average Bonchev–Trinajstić information content (AvgIpc) is 3.19. The van der Waals surface area contributed by atoms with Crippen LogP contribution >= 0.6 is 0 Å². The molecule has 2 heterocycles. The van der Waals surface area contributed by atoms with E-state index in [1.54, 1.807) is 30.3 Å². The highest BCUT2D eigenvalue weighted by molar-refractivity contribution is 6.01. The summed E-state index contributed by atoms with van der Waals surface area (Å²) in [6.07, 6.45) is 1.43. The molecule has 3 unspecified atom stereocenters. The van der Waals surface area contributed by atoms with Gasteiger partial charge >= 0.3 is 0 Å². The van der Waals surface area contributed by atoms with Crippen LogP contribution in [-0.4, -0.2) is 66.3 Å². The number of carbonyl (C=O) groups excluding carboxylic acids is 3. The molecule has 0 aromatic heterocycles. The van der Waals surface area contributed by atoms with Crippen molar-refractivity contribution >= 4 is 18.1 Å². The topological polar surface area (TPSA) is 88.2 Å². The van der Waals surface area contributed by atoms with Crippen molar-refractivity contribution in [3.8, 4) is 5.75 Å². The zero-order valence-electron chi connectivity index (χ0n) is 21.5. The van der Waals surface area contributed by atoms with Crippen molar-refractivity contribution in [1.82, 2.24) is 15.1 Å². The predicted molar refractivity (Wildman–Crippen MR) is 135 cm³/mol. The maximum atomic E-state index is 15.0. The summed E-state index contributed by atoms with van der Waals surface area (Å²) in [5.41, 5.74) is 2.41. The summed E-state index contributed by atoms with van der Waals surface area (Å²) in [6, 6.07) is 9.57. The monoisotopic (exact) mass is 511 g/mol. The number of aldehydes is 1. The number of carbonyl (C=O) groups is 3. The first-order valence-corrected chi connectivity index (χ1v) is 12.7. The number of fused-ring (bicyclic) bond motifs is 1. The van der Waals surface area contributed by atoms with Gasteiger partial charge in [0.15, 0.2) is 0 Å². The first-order chi connectivity index (χ1) is 17.8. The van der Waals surface area contributed by atoms with Gasteiger partial charge < -0.3 is 24.5 Å². The Labute approximate surface area is 216 Å². The molecule has 2 aliphatic rings. The summed E-state index contributed by atoms with van der Waals surface area (Å²) in [5.74, 6) is -0.485. The SMILES string of the molecule is CNC(=O)C(CCC=O)N1Cc2c(OCc3ccc(CN4CC(C)OC(C)C4)cc3F)cccc2C1=O. The minimum atomic E-state index is -0.759. The van der Waals surface area contributed by atoms with Crippen LogP contribution in [0.15, 0.2) is 36.4 Å². The van der Waals surface area contributed by atoms with E-state index in [1.165, 1.54) is 11.9 Å². The Kier molecular flexibility index (Phi) is 8.56. The number of hydrogen-bond acceptors (Lipinski definition) is 6. The van der Waals surface area contributed by atoms with E-state index in [0.717, 1.165) is 24.9 Å². The van der Waals surface area contributed by atoms with Crippen molar-refractivity contribution < 1.29 is 28.2 Å². The molecule has 1 fully saturated rings. The van der Waals surface area contributed by atoms with Gasteiger partial charge in [0, 0.05) is 49.8 Å². The Morgan fingerprint density at radius 1 is 1.24 bits per heavy atom. The van der Waals surface area contributed by atoms with Crippen molar-refractivity contribution in [3.63, 3.8) is 0 Å². The Morgan fingerprint density at radius 2 is 2.00 bits per heavy atom. The lowest BCUT2D eigenvalue weighted by Gasteiger charge is -2.35. The Morgan fingerprint density at radius 3 is 2.68 bits per heavy atom. The van der Waals surface area contributed by atoms with Crippen molar-refractivity contribution in [2.75, 3.05) is 20.1 Å². The molecular formula is C28H34FN3O5. The highest BCUT2D eigenvalue weighted by Gasteiger charge is 2.37. The first-order valence-electron chi connectivity index (χ1n) is 12.7. The first kappa shape index (κ1) is 26.8. The lowest BCUT2D eigenvalue weighted by atomic mass is 10.1. The van der Waals surface area contributed by atoms with Gasteiger partial charge in [-0.15, -0.1) is 0 Å². The summed E-state index contributed by atoms with van der Waals surface area (Å²) in [7, 11) is 1.50. The van der Waals surface area contributed by atoms with Crippen LogP contribution in [0.2, 0.25) is 0 Å². The number of nitrogens with zero attached hydrogens (tertiary/aromatic N) is 2. The lowest BCUT2D eigenvalue weighted by molar-refractivity contribution is -0.125. The van der Waals surface area contributed by atoms with Gasteiger partial charge in [-0.2, -0.15) is 0 Å². The normalized spacial score (nSPS) is 20.4. The van der Waals surface area contributed by atoms with E-state index in [-0.39, 0.29) is 55.8 Å². The van der Waals surface area contributed by atoms with Crippen LogP contribution in [0.5, 0.6) is 5.75 Å².